The predicted octanol–water partition coefficient (Wildman–Crippen LogP) is 0.418. The molecule has 2 heterocycles. The van der Waals surface area contributed by atoms with Crippen LogP contribution in [-0.2, 0) is 9.53 Å². The van der Waals surface area contributed by atoms with Gasteiger partial charge in [-0.1, -0.05) is 12.8 Å². The van der Waals surface area contributed by atoms with Gasteiger partial charge in [0.1, 0.15) is 0 Å². The number of hydrogen-bond acceptors (Lipinski definition) is 6. The number of carbonyl (C=O) groups excluding carboxylic acids is 2. The summed E-state index contributed by atoms with van der Waals surface area (Å²) in [5.74, 6) is 0.156. The maximum atomic E-state index is 12.6. The number of morpholine rings is 1. The minimum absolute atomic E-state index is 0.124. The van der Waals surface area contributed by atoms with E-state index in [1.807, 2.05) is 0 Å². The van der Waals surface area contributed by atoms with Crippen LogP contribution in [0.5, 0.6) is 0 Å². The zero-order valence-electron chi connectivity index (χ0n) is 13.8. The summed E-state index contributed by atoms with van der Waals surface area (Å²) in [5, 5.41) is 5.84. The Labute approximate surface area is 141 Å². The van der Waals surface area contributed by atoms with E-state index in [1.54, 1.807) is 11.9 Å². The lowest BCUT2D eigenvalue weighted by Gasteiger charge is -2.32. The highest BCUT2D eigenvalue weighted by Gasteiger charge is 2.31. The van der Waals surface area contributed by atoms with Crippen molar-refractivity contribution in [2.75, 3.05) is 32.1 Å². The van der Waals surface area contributed by atoms with Crippen LogP contribution in [0.25, 0.3) is 0 Å². The lowest BCUT2D eigenvalue weighted by Crippen LogP contribution is -2.52. The average Bonchev–Trinajstić information content (AvgIpc) is 3.14. The number of aromatic nitrogens is 2. The van der Waals surface area contributed by atoms with Gasteiger partial charge in [0.05, 0.1) is 18.7 Å². The van der Waals surface area contributed by atoms with Crippen LogP contribution in [0.2, 0.25) is 0 Å². The van der Waals surface area contributed by atoms with Gasteiger partial charge >= 0.3 is 0 Å². The van der Waals surface area contributed by atoms with Gasteiger partial charge in [0.25, 0.3) is 11.8 Å². The summed E-state index contributed by atoms with van der Waals surface area (Å²) in [6.45, 7) is 1.06. The molecule has 0 aromatic carbocycles. The van der Waals surface area contributed by atoms with Gasteiger partial charge in [-0.3, -0.25) is 9.59 Å². The molecule has 2 aliphatic rings. The van der Waals surface area contributed by atoms with Crippen molar-refractivity contribution in [3.63, 3.8) is 0 Å². The van der Waals surface area contributed by atoms with Crippen LogP contribution in [0, 0.1) is 0 Å². The molecule has 8 heteroatoms. The Morgan fingerprint density at radius 3 is 2.62 bits per heavy atom. The number of nitrogens with zero attached hydrogens (tertiary/aromatic N) is 3. The molecule has 1 unspecified atom stereocenters. The Morgan fingerprint density at radius 1 is 1.25 bits per heavy atom. The van der Waals surface area contributed by atoms with Gasteiger partial charge < -0.3 is 20.3 Å². The molecule has 1 aromatic rings. The molecule has 3 rings (SSSR count). The van der Waals surface area contributed by atoms with E-state index in [9.17, 15) is 9.59 Å². The van der Waals surface area contributed by atoms with Crippen molar-refractivity contribution in [2.45, 2.75) is 37.8 Å². The Kier molecular flexibility index (Phi) is 5.24. The first kappa shape index (κ1) is 16.6. The van der Waals surface area contributed by atoms with Crippen molar-refractivity contribution in [1.82, 2.24) is 20.2 Å². The van der Waals surface area contributed by atoms with Crippen molar-refractivity contribution in [3.8, 4) is 0 Å². The van der Waals surface area contributed by atoms with E-state index >= 15 is 0 Å². The molecule has 0 bridgehead atoms. The first-order chi connectivity index (χ1) is 11.7. The summed E-state index contributed by atoms with van der Waals surface area (Å²) in [5.41, 5.74) is 0.408. The lowest BCUT2D eigenvalue weighted by molar-refractivity contribution is -0.137. The molecule has 1 aliphatic carbocycles. The fourth-order valence-electron chi connectivity index (χ4n) is 3.11. The van der Waals surface area contributed by atoms with Gasteiger partial charge in [-0.05, 0) is 12.8 Å². The van der Waals surface area contributed by atoms with Crippen molar-refractivity contribution < 1.29 is 14.3 Å². The molecule has 2 fully saturated rings. The summed E-state index contributed by atoms with van der Waals surface area (Å²) in [7, 11) is 1.71. The molecule has 2 N–H and O–H groups in total. The number of rotatable bonds is 4. The predicted molar refractivity (Wildman–Crippen MR) is 87.6 cm³/mol. The summed E-state index contributed by atoms with van der Waals surface area (Å²) in [6.07, 6.45) is 6.73. The molecule has 1 atom stereocenters. The van der Waals surface area contributed by atoms with Gasteiger partial charge in [0.2, 0.25) is 5.95 Å². The highest BCUT2D eigenvalue weighted by molar-refractivity contribution is 5.94. The number of anilines is 1. The maximum absolute atomic E-state index is 12.6. The van der Waals surface area contributed by atoms with E-state index in [4.69, 9.17) is 4.74 Å². The average molecular weight is 333 g/mol. The van der Waals surface area contributed by atoms with Gasteiger partial charge in [-0.15, -0.1) is 0 Å². The molecule has 1 saturated carbocycles. The maximum Gasteiger partial charge on any atom is 0.257 e. The Bertz CT molecular complexity index is 586. The molecule has 0 radical (unpaired) electrons. The largest absolute Gasteiger partial charge is 0.365 e. The summed E-state index contributed by atoms with van der Waals surface area (Å²) < 4.78 is 5.56. The van der Waals surface area contributed by atoms with Crippen molar-refractivity contribution in [3.05, 3.63) is 18.0 Å². The highest BCUT2D eigenvalue weighted by atomic mass is 16.5. The minimum Gasteiger partial charge on any atom is -0.365 e. The van der Waals surface area contributed by atoms with Crippen molar-refractivity contribution >= 4 is 17.8 Å². The third kappa shape index (κ3) is 3.81. The Morgan fingerprint density at radius 2 is 1.96 bits per heavy atom. The zero-order chi connectivity index (χ0) is 16.9. The molecule has 1 aliphatic heterocycles. The molecule has 1 saturated heterocycles. The van der Waals surface area contributed by atoms with E-state index < -0.39 is 6.10 Å². The number of carbonyl (C=O) groups is 2. The quantitative estimate of drug-likeness (QED) is 0.829. The fourth-order valence-corrected chi connectivity index (χ4v) is 3.11. The standard InChI is InChI=1S/C16H23N5O3/c1-17-16-18-8-11(9-19-16)15(23)21-6-7-24-13(10-21)14(22)20-12-4-2-3-5-12/h8-9,12-13H,2-7,10H2,1H3,(H,20,22)(H,17,18,19). The topological polar surface area (TPSA) is 96.5 Å². The lowest BCUT2D eigenvalue weighted by atomic mass is 10.2. The normalized spacial score (nSPS) is 21.5. The van der Waals surface area contributed by atoms with E-state index in [0.29, 0.717) is 24.7 Å². The zero-order valence-corrected chi connectivity index (χ0v) is 13.8. The van der Waals surface area contributed by atoms with Gasteiger partial charge in [0.15, 0.2) is 6.10 Å². The molecule has 8 nitrogen and oxygen atoms in total. The summed E-state index contributed by atoms with van der Waals surface area (Å²) in [6, 6.07) is 0.245. The smallest absolute Gasteiger partial charge is 0.257 e. The molecule has 1 aromatic heterocycles. The Hall–Kier alpha value is -2.22. The molecule has 130 valence electrons. The van der Waals surface area contributed by atoms with E-state index in [2.05, 4.69) is 20.6 Å². The SMILES string of the molecule is CNc1ncc(C(=O)N2CCOC(C(=O)NC3CCCC3)C2)cn1. The first-order valence-corrected chi connectivity index (χ1v) is 8.38. The first-order valence-electron chi connectivity index (χ1n) is 8.38. The Balaban J connectivity index is 1.59. The monoisotopic (exact) mass is 333 g/mol. The summed E-state index contributed by atoms with van der Waals surface area (Å²) in [4.78, 5) is 34.6. The molecule has 24 heavy (non-hydrogen) atoms. The number of nitrogens with one attached hydrogen (secondary N) is 2. The van der Waals surface area contributed by atoms with Crippen LogP contribution in [0.1, 0.15) is 36.0 Å². The van der Waals surface area contributed by atoms with Crippen LogP contribution in [-0.4, -0.2) is 65.6 Å². The van der Waals surface area contributed by atoms with Crippen LogP contribution in [0.15, 0.2) is 12.4 Å². The van der Waals surface area contributed by atoms with Crippen molar-refractivity contribution in [1.29, 1.82) is 0 Å². The van der Waals surface area contributed by atoms with E-state index in [-0.39, 0.29) is 24.4 Å². The van der Waals surface area contributed by atoms with E-state index in [0.717, 1.165) is 25.7 Å². The van der Waals surface area contributed by atoms with Gasteiger partial charge in [-0.2, -0.15) is 0 Å². The minimum atomic E-state index is -0.610. The number of hydrogen-bond donors (Lipinski definition) is 2. The van der Waals surface area contributed by atoms with Crippen molar-refractivity contribution in [2.24, 2.45) is 0 Å². The second-order valence-electron chi connectivity index (χ2n) is 6.15. The molecular weight excluding hydrogens is 310 g/mol. The summed E-state index contributed by atoms with van der Waals surface area (Å²) >= 11 is 0. The highest BCUT2D eigenvalue weighted by Crippen LogP contribution is 2.18. The van der Waals surface area contributed by atoms with Crippen LogP contribution in [0.3, 0.4) is 0 Å². The van der Waals surface area contributed by atoms with Crippen LogP contribution in [0.4, 0.5) is 5.95 Å². The molecular formula is C16H23N5O3. The third-order valence-electron chi connectivity index (χ3n) is 4.47. The molecule has 0 spiro atoms. The van der Waals surface area contributed by atoms with Gasteiger partial charge in [0, 0.05) is 32.0 Å². The number of ether oxygens (including phenoxy) is 1. The number of amides is 2. The van der Waals surface area contributed by atoms with E-state index in [1.165, 1.54) is 12.4 Å². The molecule has 2 amide bonds. The van der Waals surface area contributed by atoms with Crippen LogP contribution >= 0.6 is 0 Å². The second kappa shape index (κ2) is 7.57. The van der Waals surface area contributed by atoms with Crippen LogP contribution < -0.4 is 10.6 Å². The second-order valence-corrected chi connectivity index (χ2v) is 6.15. The third-order valence-corrected chi connectivity index (χ3v) is 4.47. The van der Waals surface area contributed by atoms with Gasteiger partial charge in [-0.25, -0.2) is 9.97 Å². The fraction of sp³-hybridized carbons (Fsp3) is 0.625.